The van der Waals surface area contributed by atoms with Gasteiger partial charge in [-0.15, -0.1) is 0 Å². The summed E-state index contributed by atoms with van der Waals surface area (Å²) >= 11 is 2.82. The zero-order chi connectivity index (χ0) is 28.5. The van der Waals surface area contributed by atoms with Crippen LogP contribution in [0.25, 0.3) is 0 Å². The molecule has 0 bridgehead atoms. The van der Waals surface area contributed by atoms with Crippen LogP contribution in [0, 0.1) is 0 Å². The molecule has 6 fully saturated rings. The van der Waals surface area contributed by atoms with Crippen LogP contribution in [0.3, 0.4) is 0 Å². The van der Waals surface area contributed by atoms with Crippen molar-refractivity contribution in [2.75, 3.05) is 0 Å². The Morgan fingerprint density at radius 3 is 0.561 bits per heavy atom. The predicted molar refractivity (Wildman–Crippen MR) is 190 cm³/mol. The molecule has 0 N–H and O–H groups in total. The summed E-state index contributed by atoms with van der Waals surface area (Å²) in [7, 11) is -0.0930. The van der Waals surface area contributed by atoms with E-state index in [1.54, 1.807) is 193 Å². The van der Waals surface area contributed by atoms with E-state index in [0.29, 0.717) is 0 Å². The summed E-state index contributed by atoms with van der Waals surface area (Å²) in [5.74, 6) is 0. The molecule has 0 spiro atoms. The molecule has 6 aliphatic rings. The van der Waals surface area contributed by atoms with E-state index in [2.05, 4.69) is 18.7 Å². The summed E-state index contributed by atoms with van der Waals surface area (Å²) in [5, 5.41) is 0. The molecule has 6 aliphatic carbocycles. The summed E-state index contributed by atoms with van der Waals surface area (Å²) in [6.07, 6.45) is 47.6. The van der Waals surface area contributed by atoms with E-state index in [1.807, 2.05) is 11.4 Å². The van der Waals surface area contributed by atoms with Crippen molar-refractivity contribution in [3.63, 3.8) is 0 Å². The molecule has 0 aromatic carbocycles. The molecule has 0 aromatic heterocycles. The van der Waals surface area contributed by atoms with Gasteiger partial charge in [0.25, 0.3) is 0 Å². The van der Waals surface area contributed by atoms with Crippen LogP contribution in [0.1, 0.15) is 200 Å². The van der Waals surface area contributed by atoms with E-state index < -0.39 is 0 Å². The van der Waals surface area contributed by atoms with Crippen LogP contribution < -0.4 is 0 Å². The Bertz CT molecular complexity index is 506. The second-order valence-corrected chi connectivity index (χ2v) is 23.0. The first-order chi connectivity index (χ1) is 20.3. The van der Waals surface area contributed by atoms with Gasteiger partial charge in [0.2, 0.25) is 0 Å². The van der Waals surface area contributed by atoms with E-state index in [9.17, 15) is 0 Å². The van der Waals surface area contributed by atoms with Gasteiger partial charge < -0.3 is 0 Å². The van der Waals surface area contributed by atoms with Gasteiger partial charge in [-0.3, -0.25) is 0 Å². The zero-order valence-electron chi connectivity index (χ0n) is 27.6. The Labute approximate surface area is 271 Å². The molecular formula is C38H72P2Pd+2. The first-order valence-electron chi connectivity index (χ1n) is 19.4. The molecule has 6 rings (SSSR count). The van der Waals surface area contributed by atoms with Crippen molar-refractivity contribution in [2.24, 2.45) is 0 Å². The van der Waals surface area contributed by atoms with Crippen molar-refractivity contribution in [2.45, 2.75) is 234 Å². The zero-order valence-corrected chi connectivity index (χ0v) is 31.1. The second kappa shape index (κ2) is 21.2. The Kier molecular flexibility index (Phi) is 18.3. The third-order valence-corrected chi connectivity index (χ3v) is 21.6. The van der Waals surface area contributed by atoms with Crippen LogP contribution >= 0.6 is 15.8 Å². The van der Waals surface area contributed by atoms with Crippen molar-refractivity contribution in [1.29, 1.82) is 0 Å². The average molecular weight is 697 g/mol. The SMILES string of the molecule is C1CCC([PH+](C2CCCCC2)C2CCCCC2)CC1.C1CCC([PH+](C2CCCCC2)C2CCCCC2)CC1.C[CH]=[Pd]. The first-order valence-corrected chi connectivity index (χ1v) is 23.8. The Morgan fingerprint density at radius 1 is 0.317 bits per heavy atom. The molecule has 0 saturated heterocycles. The Hall–Kier alpha value is 1.39. The molecule has 0 nitrogen and oxygen atoms in total. The van der Waals surface area contributed by atoms with Crippen LogP contribution in [0.5, 0.6) is 0 Å². The summed E-state index contributed by atoms with van der Waals surface area (Å²) in [5.41, 5.74) is 7.36. The number of hydrogen-bond acceptors (Lipinski definition) is 0. The van der Waals surface area contributed by atoms with Crippen molar-refractivity contribution in [3.05, 3.63) is 0 Å². The average Bonchev–Trinajstić information content (AvgIpc) is 3.05. The van der Waals surface area contributed by atoms with Crippen molar-refractivity contribution < 1.29 is 18.7 Å². The van der Waals surface area contributed by atoms with E-state index in [-0.39, 0.29) is 15.8 Å². The maximum atomic E-state index is 2.82. The molecule has 41 heavy (non-hydrogen) atoms. The second-order valence-electron chi connectivity index (χ2n) is 15.2. The summed E-state index contributed by atoms with van der Waals surface area (Å²) in [6.45, 7) is 1.93. The maximum absolute atomic E-state index is 2.82. The van der Waals surface area contributed by atoms with Gasteiger partial charge in [-0.1, -0.05) is 38.5 Å². The molecule has 0 atom stereocenters. The van der Waals surface area contributed by atoms with Gasteiger partial charge in [0.05, 0.1) is 34.0 Å². The molecule has 242 valence electrons. The fourth-order valence-corrected chi connectivity index (χ4v) is 21.1. The fourth-order valence-electron chi connectivity index (χ4n) is 10.6. The fraction of sp³-hybridized carbons (Fsp3) is 0.974. The van der Waals surface area contributed by atoms with E-state index in [4.69, 9.17) is 0 Å². The predicted octanol–water partition coefficient (Wildman–Crippen LogP) is 12.8. The van der Waals surface area contributed by atoms with E-state index in [1.165, 1.54) is 34.0 Å². The van der Waals surface area contributed by atoms with Crippen LogP contribution in [-0.2, 0) is 18.7 Å². The van der Waals surface area contributed by atoms with Gasteiger partial charge in [0.15, 0.2) is 0 Å². The van der Waals surface area contributed by atoms with Crippen LogP contribution in [0.2, 0.25) is 0 Å². The Morgan fingerprint density at radius 2 is 0.439 bits per heavy atom. The van der Waals surface area contributed by atoms with Gasteiger partial charge >= 0.3 is 30.2 Å². The summed E-state index contributed by atoms with van der Waals surface area (Å²) < 4.78 is 1.85. The summed E-state index contributed by atoms with van der Waals surface area (Å²) in [4.78, 5) is 0. The van der Waals surface area contributed by atoms with E-state index >= 15 is 0 Å². The van der Waals surface area contributed by atoms with Crippen LogP contribution in [0.15, 0.2) is 0 Å². The quantitative estimate of drug-likeness (QED) is 0.192. The minimum absolute atomic E-state index is 0.0465. The summed E-state index contributed by atoms with van der Waals surface area (Å²) in [6, 6.07) is 0. The molecule has 0 unspecified atom stereocenters. The van der Waals surface area contributed by atoms with Crippen LogP contribution in [0.4, 0.5) is 0 Å². The van der Waals surface area contributed by atoms with Gasteiger partial charge in [-0.05, 0) is 154 Å². The molecule has 0 amide bonds. The van der Waals surface area contributed by atoms with Gasteiger partial charge in [-0.25, -0.2) is 0 Å². The van der Waals surface area contributed by atoms with Crippen molar-refractivity contribution >= 4 is 20.3 Å². The third kappa shape index (κ3) is 11.9. The topological polar surface area (TPSA) is 0 Å². The normalized spacial score (nSPS) is 27.1. The molecule has 0 aromatic rings. The van der Waals surface area contributed by atoms with E-state index in [0.717, 1.165) is 0 Å². The molecular weight excluding hydrogens is 625 g/mol. The monoisotopic (exact) mass is 696 g/mol. The molecule has 3 heteroatoms. The number of hydrogen-bond donors (Lipinski definition) is 0. The van der Waals surface area contributed by atoms with Gasteiger partial charge in [0, 0.05) is 15.8 Å². The third-order valence-electron chi connectivity index (χ3n) is 12.5. The number of rotatable bonds is 6. The van der Waals surface area contributed by atoms with Crippen molar-refractivity contribution in [1.82, 2.24) is 0 Å². The molecule has 0 aliphatic heterocycles. The Balaban J connectivity index is 0.000000173. The van der Waals surface area contributed by atoms with Gasteiger partial charge in [0.1, 0.15) is 0 Å². The molecule has 0 heterocycles. The first kappa shape index (κ1) is 35.3. The van der Waals surface area contributed by atoms with Crippen LogP contribution in [-0.4, -0.2) is 38.4 Å². The minimum atomic E-state index is -0.0465. The van der Waals surface area contributed by atoms with Crippen molar-refractivity contribution in [3.8, 4) is 0 Å². The molecule has 6 saturated carbocycles. The van der Waals surface area contributed by atoms with Gasteiger partial charge in [-0.2, -0.15) is 0 Å². The molecule has 0 radical (unpaired) electrons. The standard InChI is InChI=1S/2C18H33P.C2H4.Pd/c2*1-4-10-16(11-5-1)19(17-12-6-2-7-13-17)18-14-8-3-9-15-18;1-2;/h2*16-18H,1-15H2;1H,2H3;/p+2.